The number of nitrogens with zero attached hydrogens (tertiary/aromatic N) is 1. The summed E-state index contributed by atoms with van der Waals surface area (Å²) in [5.74, 6) is 2.55. The number of carbonyl (C=O) groups excluding carboxylic acids is 2. The fourth-order valence-electron chi connectivity index (χ4n) is 3.51. The van der Waals surface area contributed by atoms with Crippen molar-refractivity contribution in [1.29, 1.82) is 0 Å². The Balaban J connectivity index is 1.74. The fraction of sp³-hybridized carbons (Fsp3) is 0.875. The first-order valence-electron chi connectivity index (χ1n) is 8.10. The number of nitrogens with one attached hydrogen (secondary N) is 1. The molecule has 2 atom stereocenters. The van der Waals surface area contributed by atoms with Crippen molar-refractivity contribution in [2.24, 2.45) is 23.7 Å². The van der Waals surface area contributed by atoms with E-state index in [9.17, 15) is 9.59 Å². The molecule has 0 aromatic carbocycles. The summed E-state index contributed by atoms with van der Waals surface area (Å²) in [6.07, 6.45) is 5.27. The average Bonchev–Trinajstić information content (AvgIpc) is 3.26. The van der Waals surface area contributed by atoms with E-state index in [1.807, 2.05) is 25.7 Å². The molecular formula is C16H26N2O2. The third-order valence-corrected chi connectivity index (χ3v) is 5.22. The molecule has 2 aliphatic carbocycles. The molecule has 112 valence electrons. The van der Waals surface area contributed by atoms with Gasteiger partial charge in [0.2, 0.25) is 11.8 Å². The molecule has 2 amide bonds. The zero-order valence-corrected chi connectivity index (χ0v) is 12.8. The maximum atomic E-state index is 12.7. The van der Waals surface area contributed by atoms with Gasteiger partial charge in [0, 0.05) is 6.54 Å². The Bertz CT molecular complexity index is 401. The number of hydrogen-bond acceptors (Lipinski definition) is 2. The van der Waals surface area contributed by atoms with Crippen molar-refractivity contribution in [3.63, 3.8) is 0 Å². The van der Waals surface area contributed by atoms with Crippen molar-refractivity contribution in [2.45, 2.75) is 58.5 Å². The summed E-state index contributed by atoms with van der Waals surface area (Å²) in [4.78, 5) is 26.6. The van der Waals surface area contributed by atoms with Crippen LogP contribution >= 0.6 is 0 Å². The van der Waals surface area contributed by atoms with Gasteiger partial charge in [-0.1, -0.05) is 13.8 Å². The number of amides is 2. The van der Waals surface area contributed by atoms with Gasteiger partial charge in [-0.05, 0) is 56.3 Å². The van der Waals surface area contributed by atoms with Crippen LogP contribution in [0.15, 0.2) is 0 Å². The van der Waals surface area contributed by atoms with Crippen LogP contribution in [0.5, 0.6) is 0 Å². The second kappa shape index (κ2) is 5.05. The molecule has 0 spiro atoms. The van der Waals surface area contributed by atoms with E-state index in [2.05, 4.69) is 5.32 Å². The van der Waals surface area contributed by atoms with Crippen LogP contribution in [0.1, 0.15) is 46.5 Å². The highest BCUT2D eigenvalue weighted by atomic mass is 16.2. The van der Waals surface area contributed by atoms with E-state index in [0.29, 0.717) is 5.92 Å². The van der Waals surface area contributed by atoms with Gasteiger partial charge < -0.3 is 10.2 Å². The standard InChI is InChI=1S/C16H26N2O2/c1-9(2)14-16(20)18(10(3)15(19)17-14)8-13(11-4-5-11)12-6-7-12/h9-14H,4-8H2,1-3H3,(H,17,19). The third-order valence-electron chi connectivity index (χ3n) is 5.22. The Morgan fingerprint density at radius 3 is 2.15 bits per heavy atom. The van der Waals surface area contributed by atoms with Crippen molar-refractivity contribution in [1.82, 2.24) is 10.2 Å². The molecule has 0 bridgehead atoms. The fourth-order valence-corrected chi connectivity index (χ4v) is 3.51. The van der Waals surface area contributed by atoms with Crippen molar-refractivity contribution < 1.29 is 9.59 Å². The predicted octanol–water partition coefficient (Wildman–Crippen LogP) is 1.79. The summed E-state index contributed by atoms with van der Waals surface area (Å²) in [7, 11) is 0. The van der Waals surface area contributed by atoms with Crippen molar-refractivity contribution >= 4 is 11.8 Å². The van der Waals surface area contributed by atoms with Gasteiger partial charge in [0.25, 0.3) is 0 Å². The topological polar surface area (TPSA) is 49.4 Å². The molecule has 1 aliphatic heterocycles. The van der Waals surface area contributed by atoms with E-state index in [1.54, 1.807) is 0 Å². The van der Waals surface area contributed by atoms with Crippen LogP contribution in [0.25, 0.3) is 0 Å². The average molecular weight is 278 g/mol. The molecule has 3 fully saturated rings. The first-order valence-corrected chi connectivity index (χ1v) is 8.10. The second-order valence-corrected chi connectivity index (χ2v) is 7.24. The lowest BCUT2D eigenvalue weighted by Gasteiger charge is -2.40. The quantitative estimate of drug-likeness (QED) is 0.833. The zero-order chi connectivity index (χ0) is 14.4. The van der Waals surface area contributed by atoms with Crippen molar-refractivity contribution in [2.75, 3.05) is 6.54 Å². The summed E-state index contributed by atoms with van der Waals surface area (Å²) in [5.41, 5.74) is 0. The molecule has 2 saturated carbocycles. The largest absolute Gasteiger partial charge is 0.342 e. The molecule has 0 aromatic rings. The van der Waals surface area contributed by atoms with Gasteiger partial charge in [0.1, 0.15) is 12.1 Å². The summed E-state index contributed by atoms with van der Waals surface area (Å²) in [5, 5.41) is 2.88. The van der Waals surface area contributed by atoms with Gasteiger partial charge >= 0.3 is 0 Å². The second-order valence-electron chi connectivity index (χ2n) is 7.24. The molecule has 1 N–H and O–H groups in total. The lowest BCUT2D eigenvalue weighted by atomic mass is 9.93. The Kier molecular flexibility index (Phi) is 3.51. The maximum Gasteiger partial charge on any atom is 0.246 e. The highest BCUT2D eigenvalue weighted by Crippen LogP contribution is 2.49. The van der Waals surface area contributed by atoms with Crippen LogP contribution in [0.2, 0.25) is 0 Å². The SMILES string of the molecule is CC(C)C1NC(=O)C(C)N(CC(C2CC2)C2CC2)C1=O. The first-order chi connectivity index (χ1) is 9.49. The zero-order valence-electron chi connectivity index (χ0n) is 12.8. The molecule has 3 aliphatic rings. The first kappa shape index (κ1) is 13.9. The Hall–Kier alpha value is -1.06. The molecule has 3 rings (SSSR count). The van der Waals surface area contributed by atoms with E-state index < -0.39 is 0 Å². The maximum absolute atomic E-state index is 12.7. The molecular weight excluding hydrogens is 252 g/mol. The highest BCUT2D eigenvalue weighted by molar-refractivity contribution is 5.96. The predicted molar refractivity (Wildman–Crippen MR) is 76.9 cm³/mol. The number of piperazine rings is 1. The normalized spacial score (nSPS) is 31.1. The van der Waals surface area contributed by atoms with Crippen LogP contribution in [0.4, 0.5) is 0 Å². The smallest absolute Gasteiger partial charge is 0.246 e. The summed E-state index contributed by atoms with van der Waals surface area (Å²) in [6.45, 7) is 6.65. The molecule has 1 saturated heterocycles. The third kappa shape index (κ3) is 2.57. The van der Waals surface area contributed by atoms with E-state index in [1.165, 1.54) is 25.7 Å². The summed E-state index contributed by atoms with van der Waals surface area (Å²) < 4.78 is 0. The van der Waals surface area contributed by atoms with E-state index in [0.717, 1.165) is 18.4 Å². The van der Waals surface area contributed by atoms with Crippen LogP contribution < -0.4 is 5.32 Å². The summed E-state index contributed by atoms with van der Waals surface area (Å²) >= 11 is 0. The van der Waals surface area contributed by atoms with E-state index >= 15 is 0 Å². The Morgan fingerprint density at radius 2 is 1.70 bits per heavy atom. The minimum absolute atomic E-state index is 0.00800. The lowest BCUT2D eigenvalue weighted by Crippen LogP contribution is -2.64. The number of carbonyl (C=O) groups is 2. The van der Waals surface area contributed by atoms with Gasteiger partial charge in [-0.2, -0.15) is 0 Å². The van der Waals surface area contributed by atoms with Crippen LogP contribution in [0, 0.1) is 23.7 Å². The Morgan fingerprint density at radius 1 is 1.15 bits per heavy atom. The van der Waals surface area contributed by atoms with Gasteiger partial charge in [-0.3, -0.25) is 9.59 Å². The molecule has 4 heteroatoms. The van der Waals surface area contributed by atoms with E-state index in [-0.39, 0.29) is 29.8 Å². The van der Waals surface area contributed by atoms with Gasteiger partial charge in [-0.25, -0.2) is 0 Å². The van der Waals surface area contributed by atoms with Gasteiger partial charge in [0.15, 0.2) is 0 Å². The Labute approximate surface area is 121 Å². The molecule has 0 aromatic heterocycles. The summed E-state index contributed by atoms with van der Waals surface area (Å²) in [6, 6.07) is -0.643. The minimum atomic E-state index is -0.335. The lowest BCUT2D eigenvalue weighted by molar-refractivity contribution is -0.150. The van der Waals surface area contributed by atoms with Gasteiger partial charge in [0.05, 0.1) is 0 Å². The molecule has 20 heavy (non-hydrogen) atoms. The van der Waals surface area contributed by atoms with Crippen LogP contribution in [-0.2, 0) is 9.59 Å². The number of rotatable bonds is 5. The van der Waals surface area contributed by atoms with Crippen LogP contribution in [-0.4, -0.2) is 35.3 Å². The van der Waals surface area contributed by atoms with Crippen molar-refractivity contribution in [3.05, 3.63) is 0 Å². The molecule has 0 radical (unpaired) electrons. The van der Waals surface area contributed by atoms with Gasteiger partial charge in [-0.15, -0.1) is 0 Å². The van der Waals surface area contributed by atoms with Crippen molar-refractivity contribution in [3.8, 4) is 0 Å². The number of hydrogen-bond donors (Lipinski definition) is 1. The monoisotopic (exact) mass is 278 g/mol. The van der Waals surface area contributed by atoms with E-state index in [4.69, 9.17) is 0 Å². The molecule has 1 heterocycles. The highest BCUT2D eigenvalue weighted by Gasteiger charge is 2.46. The molecule has 2 unspecified atom stereocenters. The van der Waals surface area contributed by atoms with Crippen LogP contribution in [0.3, 0.4) is 0 Å². The molecule has 4 nitrogen and oxygen atoms in total. The minimum Gasteiger partial charge on any atom is -0.342 e.